The summed E-state index contributed by atoms with van der Waals surface area (Å²) >= 11 is 0. The molecule has 0 aliphatic heterocycles. The summed E-state index contributed by atoms with van der Waals surface area (Å²) in [7, 11) is 1.58. The highest BCUT2D eigenvalue weighted by Crippen LogP contribution is 2.11. The van der Waals surface area contributed by atoms with Gasteiger partial charge in [0.05, 0.1) is 0 Å². The molecule has 84 valence electrons. The lowest BCUT2D eigenvalue weighted by Gasteiger charge is -2.04. The van der Waals surface area contributed by atoms with Crippen molar-refractivity contribution in [2.45, 2.75) is 0 Å². The number of phenols is 1. The third kappa shape index (κ3) is 3.13. The number of amides is 2. The molecule has 2 amide bonds. The third-order valence-electron chi connectivity index (χ3n) is 1.91. The van der Waals surface area contributed by atoms with Crippen molar-refractivity contribution in [2.24, 2.45) is 0 Å². The van der Waals surface area contributed by atoms with Crippen molar-refractivity contribution in [1.82, 2.24) is 10.6 Å². The Bertz CT molecular complexity index is 410. The zero-order chi connectivity index (χ0) is 12.0. The second-order valence-electron chi connectivity index (χ2n) is 2.99. The van der Waals surface area contributed by atoms with E-state index in [4.69, 9.17) is 5.11 Å². The van der Waals surface area contributed by atoms with Gasteiger partial charge in [-0.3, -0.25) is 14.9 Å². The summed E-state index contributed by atoms with van der Waals surface area (Å²) in [4.78, 5) is 21.4. The van der Waals surface area contributed by atoms with E-state index < -0.39 is 5.91 Å². The number of aromatic hydroxyl groups is 1. The topological polar surface area (TPSA) is 78.4 Å². The second-order valence-corrected chi connectivity index (χ2v) is 2.99. The number of phenolic OH excluding ortho intramolecular Hbond substituents is 1. The molecule has 0 saturated heterocycles. The smallest absolute Gasteiger partial charge is 0.273 e. The Morgan fingerprint density at radius 3 is 2.44 bits per heavy atom. The zero-order valence-electron chi connectivity index (χ0n) is 8.73. The minimum absolute atomic E-state index is 0.153. The summed E-state index contributed by atoms with van der Waals surface area (Å²) in [6, 6.07) is 6.33. The van der Waals surface area contributed by atoms with Gasteiger partial charge >= 0.3 is 0 Å². The highest BCUT2D eigenvalue weighted by atomic mass is 16.3. The van der Waals surface area contributed by atoms with E-state index in [-0.39, 0.29) is 11.4 Å². The van der Waals surface area contributed by atoms with Crippen molar-refractivity contribution >= 4 is 18.4 Å². The van der Waals surface area contributed by atoms with Crippen LogP contribution in [0.1, 0.15) is 5.56 Å². The summed E-state index contributed by atoms with van der Waals surface area (Å²) in [5.41, 5.74) is 1.00. The van der Waals surface area contributed by atoms with E-state index in [9.17, 15) is 9.59 Å². The van der Waals surface area contributed by atoms with Gasteiger partial charge in [-0.1, -0.05) is 12.1 Å². The SMILES string of the molecule is CN/C(=C\c1ccc(O)cc1)C(=O)NC=O. The lowest BCUT2D eigenvalue weighted by atomic mass is 10.2. The van der Waals surface area contributed by atoms with Crippen LogP contribution in [0.2, 0.25) is 0 Å². The predicted molar refractivity (Wildman–Crippen MR) is 59.4 cm³/mol. The van der Waals surface area contributed by atoms with Gasteiger partial charge in [0, 0.05) is 7.05 Å². The van der Waals surface area contributed by atoms with Crippen LogP contribution in [0.25, 0.3) is 6.08 Å². The first-order chi connectivity index (χ1) is 7.67. The molecule has 0 radical (unpaired) electrons. The minimum atomic E-state index is -0.509. The lowest BCUT2D eigenvalue weighted by Crippen LogP contribution is -2.28. The number of carbonyl (C=O) groups excluding carboxylic acids is 2. The van der Waals surface area contributed by atoms with Gasteiger partial charge in [0.2, 0.25) is 6.41 Å². The van der Waals surface area contributed by atoms with Crippen molar-refractivity contribution in [2.75, 3.05) is 7.05 Å². The van der Waals surface area contributed by atoms with Gasteiger partial charge in [-0.15, -0.1) is 0 Å². The van der Waals surface area contributed by atoms with Crippen LogP contribution in [0.5, 0.6) is 5.75 Å². The Hall–Kier alpha value is -2.30. The predicted octanol–water partition coefficient (Wildman–Crippen LogP) is 0.225. The molecule has 0 atom stereocenters. The maximum absolute atomic E-state index is 11.3. The Morgan fingerprint density at radius 1 is 1.31 bits per heavy atom. The molecule has 5 heteroatoms. The first-order valence-corrected chi connectivity index (χ1v) is 4.60. The monoisotopic (exact) mass is 220 g/mol. The highest BCUT2D eigenvalue weighted by molar-refractivity contribution is 6.01. The Kier molecular flexibility index (Phi) is 4.08. The molecule has 0 spiro atoms. The number of hydrogen-bond donors (Lipinski definition) is 3. The number of imide groups is 1. The van der Waals surface area contributed by atoms with Crippen LogP contribution in [-0.2, 0) is 9.59 Å². The molecule has 0 saturated carbocycles. The fourth-order valence-corrected chi connectivity index (χ4v) is 1.12. The van der Waals surface area contributed by atoms with E-state index in [0.29, 0.717) is 6.41 Å². The fraction of sp³-hybridized carbons (Fsp3) is 0.0909. The van der Waals surface area contributed by atoms with Gasteiger partial charge in [0.25, 0.3) is 5.91 Å². The molecule has 16 heavy (non-hydrogen) atoms. The molecule has 1 aromatic rings. The first-order valence-electron chi connectivity index (χ1n) is 4.60. The average Bonchev–Trinajstić information content (AvgIpc) is 2.28. The van der Waals surface area contributed by atoms with Gasteiger partial charge in [0.1, 0.15) is 11.4 Å². The van der Waals surface area contributed by atoms with E-state index in [1.165, 1.54) is 12.1 Å². The summed E-state index contributed by atoms with van der Waals surface area (Å²) < 4.78 is 0. The van der Waals surface area contributed by atoms with Crippen LogP contribution >= 0.6 is 0 Å². The third-order valence-corrected chi connectivity index (χ3v) is 1.91. The van der Waals surface area contributed by atoms with Crippen molar-refractivity contribution in [1.29, 1.82) is 0 Å². The van der Waals surface area contributed by atoms with Crippen LogP contribution in [0.15, 0.2) is 30.0 Å². The Labute approximate surface area is 92.8 Å². The molecular formula is C11H12N2O3. The lowest BCUT2D eigenvalue weighted by molar-refractivity contribution is -0.122. The molecule has 1 rings (SSSR count). The highest BCUT2D eigenvalue weighted by Gasteiger charge is 2.05. The molecule has 0 unspecified atom stereocenters. The van der Waals surface area contributed by atoms with Crippen LogP contribution < -0.4 is 10.6 Å². The summed E-state index contributed by atoms with van der Waals surface area (Å²) in [6.45, 7) is 0. The molecule has 0 aromatic heterocycles. The van der Waals surface area contributed by atoms with Crippen LogP contribution in [0.3, 0.4) is 0 Å². The van der Waals surface area contributed by atoms with E-state index in [1.807, 2.05) is 5.32 Å². The number of hydrogen-bond acceptors (Lipinski definition) is 4. The summed E-state index contributed by atoms with van der Waals surface area (Å²) in [6.07, 6.45) is 1.89. The van der Waals surface area contributed by atoms with Gasteiger partial charge in [-0.2, -0.15) is 0 Å². The van der Waals surface area contributed by atoms with E-state index in [1.54, 1.807) is 25.3 Å². The van der Waals surface area contributed by atoms with Gasteiger partial charge in [0.15, 0.2) is 0 Å². The van der Waals surface area contributed by atoms with E-state index >= 15 is 0 Å². The fourth-order valence-electron chi connectivity index (χ4n) is 1.12. The summed E-state index contributed by atoms with van der Waals surface area (Å²) in [5, 5.41) is 13.8. The Balaban J connectivity index is 2.91. The summed E-state index contributed by atoms with van der Waals surface area (Å²) in [5.74, 6) is -0.355. The molecule has 0 fully saturated rings. The van der Waals surface area contributed by atoms with Crippen LogP contribution in [0.4, 0.5) is 0 Å². The van der Waals surface area contributed by atoms with Gasteiger partial charge in [-0.25, -0.2) is 0 Å². The average molecular weight is 220 g/mol. The standard InChI is InChI=1S/C11H12N2O3/c1-12-10(11(16)13-7-14)6-8-2-4-9(15)5-3-8/h2-7,12,15H,1H3,(H,13,14,16)/b10-6-. The van der Waals surface area contributed by atoms with E-state index in [0.717, 1.165) is 5.56 Å². The van der Waals surface area contributed by atoms with Crippen LogP contribution in [0, 0.1) is 0 Å². The zero-order valence-corrected chi connectivity index (χ0v) is 8.73. The molecular weight excluding hydrogens is 208 g/mol. The maximum Gasteiger partial charge on any atom is 0.273 e. The number of carbonyl (C=O) groups is 2. The number of benzene rings is 1. The molecule has 0 bridgehead atoms. The molecule has 1 aromatic carbocycles. The number of likely N-dealkylation sites (N-methyl/N-ethyl adjacent to an activating group) is 1. The van der Waals surface area contributed by atoms with Crippen molar-refractivity contribution in [3.8, 4) is 5.75 Å². The Morgan fingerprint density at radius 2 is 1.94 bits per heavy atom. The van der Waals surface area contributed by atoms with Crippen molar-refractivity contribution < 1.29 is 14.7 Å². The first kappa shape index (κ1) is 11.8. The second kappa shape index (κ2) is 5.55. The minimum Gasteiger partial charge on any atom is -0.508 e. The normalized spacial score (nSPS) is 10.7. The molecule has 5 nitrogen and oxygen atoms in total. The van der Waals surface area contributed by atoms with Crippen molar-refractivity contribution in [3.63, 3.8) is 0 Å². The quantitative estimate of drug-likeness (QED) is 0.501. The van der Waals surface area contributed by atoms with Crippen LogP contribution in [-0.4, -0.2) is 24.5 Å². The number of rotatable bonds is 4. The molecule has 0 heterocycles. The number of nitrogens with one attached hydrogen (secondary N) is 2. The van der Waals surface area contributed by atoms with Gasteiger partial charge in [-0.05, 0) is 23.8 Å². The van der Waals surface area contributed by atoms with Gasteiger partial charge < -0.3 is 10.4 Å². The largest absolute Gasteiger partial charge is 0.508 e. The molecule has 0 aliphatic carbocycles. The van der Waals surface area contributed by atoms with E-state index in [2.05, 4.69) is 5.32 Å². The maximum atomic E-state index is 11.3. The molecule has 3 N–H and O–H groups in total. The molecule has 0 aliphatic rings. The van der Waals surface area contributed by atoms with Crippen molar-refractivity contribution in [3.05, 3.63) is 35.5 Å².